The van der Waals surface area contributed by atoms with Crippen LogP contribution in [0.2, 0.25) is 0 Å². The van der Waals surface area contributed by atoms with Crippen molar-refractivity contribution in [2.75, 3.05) is 0 Å². The van der Waals surface area contributed by atoms with E-state index in [1.165, 1.54) is 6.20 Å². The summed E-state index contributed by atoms with van der Waals surface area (Å²) in [4.78, 5) is 22.1. The van der Waals surface area contributed by atoms with Gasteiger partial charge in [0.2, 0.25) is 0 Å². The number of aliphatic carboxylic acids is 1. The molecule has 7 nitrogen and oxygen atoms in total. The van der Waals surface area contributed by atoms with Gasteiger partial charge < -0.3 is 10.4 Å². The highest BCUT2D eigenvalue weighted by Gasteiger charge is 2.20. The number of carbonyl (C=O) groups excluding carboxylic acids is 1. The van der Waals surface area contributed by atoms with Gasteiger partial charge in [-0.15, -0.1) is 0 Å². The van der Waals surface area contributed by atoms with Gasteiger partial charge in [0.1, 0.15) is 6.04 Å². The summed E-state index contributed by atoms with van der Waals surface area (Å²) in [6.45, 7) is 1.85. The molecule has 0 spiro atoms. The van der Waals surface area contributed by atoms with Gasteiger partial charge in [-0.1, -0.05) is 13.3 Å². The lowest BCUT2D eigenvalue weighted by Crippen LogP contribution is -2.40. The van der Waals surface area contributed by atoms with Crippen molar-refractivity contribution in [3.63, 3.8) is 0 Å². The molecule has 0 bridgehead atoms. The predicted octanol–water partition coefficient (Wildman–Crippen LogP) is -0.212. The molecule has 0 aromatic carbocycles. The van der Waals surface area contributed by atoms with Gasteiger partial charge in [0.05, 0.1) is 6.20 Å². The minimum absolute atomic E-state index is 0.0809. The number of hydrogen-bond donors (Lipinski definition) is 3. The number of H-pyrrole nitrogens is 1. The van der Waals surface area contributed by atoms with Crippen LogP contribution in [0.3, 0.4) is 0 Å². The van der Waals surface area contributed by atoms with Crippen molar-refractivity contribution in [2.24, 2.45) is 0 Å². The normalized spacial score (nSPS) is 12.1. The van der Waals surface area contributed by atoms with Gasteiger partial charge in [0.25, 0.3) is 5.91 Å². The summed E-state index contributed by atoms with van der Waals surface area (Å²) in [7, 11) is 0. The van der Waals surface area contributed by atoms with Crippen LogP contribution in [0.5, 0.6) is 0 Å². The Balaban J connectivity index is 2.59. The molecule has 1 aromatic rings. The number of nitrogens with zero attached hydrogens (tertiary/aromatic N) is 2. The SMILES string of the molecule is CCC[C@@H](NC(=O)c1cn[nH]n1)C(=O)O. The van der Waals surface area contributed by atoms with Crippen molar-refractivity contribution in [2.45, 2.75) is 25.8 Å². The van der Waals surface area contributed by atoms with Gasteiger partial charge in [-0.3, -0.25) is 4.79 Å². The van der Waals surface area contributed by atoms with Crippen LogP contribution in [0.15, 0.2) is 6.20 Å². The van der Waals surface area contributed by atoms with E-state index in [-0.39, 0.29) is 5.69 Å². The highest BCUT2D eigenvalue weighted by atomic mass is 16.4. The summed E-state index contributed by atoms with van der Waals surface area (Å²) in [5.41, 5.74) is 0.0809. The fourth-order valence-corrected chi connectivity index (χ4v) is 1.09. The maximum atomic E-state index is 11.4. The Morgan fingerprint density at radius 3 is 2.87 bits per heavy atom. The molecule has 0 aliphatic rings. The molecule has 0 saturated heterocycles. The van der Waals surface area contributed by atoms with E-state index < -0.39 is 17.9 Å². The van der Waals surface area contributed by atoms with Crippen LogP contribution < -0.4 is 5.32 Å². The molecule has 0 saturated carbocycles. The van der Waals surface area contributed by atoms with Crippen LogP contribution in [0.4, 0.5) is 0 Å². The van der Waals surface area contributed by atoms with Crippen molar-refractivity contribution in [3.8, 4) is 0 Å². The highest BCUT2D eigenvalue weighted by molar-refractivity contribution is 5.94. The molecule has 1 amide bonds. The average molecular weight is 212 g/mol. The molecule has 0 fully saturated rings. The number of amides is 1. The molecule has 15 heavy (non-hydrogen) atoms. The number of carboxylic acids is 1. The second-order valence-corrected chi connectivity index (χ2v) is 3.01. The second-order valence-electron chi connectivity index (χ2n) is 3.01. The molecule has 1 heterocycles. The Hall–Kier alpha value is -1.92. The zero-order valence-corrected chi connectivity index (χ0v) is 8.23. The molecule has 1 atom stereocenters. The van der Waals surface area contributed by atoms with E-state index in [9.17, 15) is 9.59 Å². The molecular weight excluding hydrogens is 200 g/mol. The number of nitrogens with one attached hydrogen (secondary N) is 2. The van der Waals surface area contributed by atoms with Crippen LogP contribution in [0.1, 0.15) is 30.3 Å². The Kier molecular flexibility index (Phi) is 3.78. The van der Waals surface area contributed by atoms with Crippen molar-refractivity contribution in [3.05, 3.63) is 11.9 Å². The highest BCUT2D eigenvalue weighted by Crippen LogP contribution is 1.98. The molecule has 0 aliphatic heterocycles. The zero-order chi connectivity index (χ0) is 11.3. The molecule has 3 N–H and O–H groups in total. The van der Waals surface area contributed by atoms with Gasteiger partial charge in [-0.05, 0) is 6.42 Å². The third-order valence-corrected chi connectivity index (χ3v) is 1.83. The summed E-state index contributed by atoms with van der Waals surface area (Å²) in [6, 6.07) is -0.876. The summed E-state index contributed by atoms with van der Waals surface area (Å²) < 4.78 is 0. The maximum Gasteiger partial charge on any atom is 0.326 e. The van der Waals surface area contributed by atoms with E-state index in [0.717, 1.165) is 0 Å². The van der Waals surface area contributed by atoms with Crippen LogP contribution in [-0.2, 0) is 4.79 Å². The third kappa shape index (κ3) is 3.04. The van der Waals surface area contributed by atoms with Crippen molar-refractivity contribution in [1.82, 2.24) is 20.7 Å². The molecule has 0 aliphatic carbocycles. The summed E-state index contributed by atoms with van der Waals surface area (Å²) in [5.74, 6) is -1.58. The summed E-state index contributed by atoms with van der Waals surface area (Å²) >= 11 is 0. The fourth-order valence-electron chi connectivity index (χ4n) is 1.09. The van der Waals surface area contributed by atoms with Gasteiger partial charge in [-0.2, -0.15) is 15.4 Å². The topological polar surface area (TPSA) is 108 Å². The Morgan fingerprint density at radius 1 is 1.67 bits per heavy atom. The first-order valence-electron chi connectivity index (χ1n) is 4.54. The number of aromatic amines is 1. The first-order valence-corrected chi connectivity index (χ1v) is 4.54. The largest absolute Gasteiger partial charge is 0.480 e. The van der Waals surface area contributed by atoms with E-state index in [1.807, 2.05) is 6.92 Å². The van der Waals surface area contributed by atoms with Gasteiger partial charge in [0.15, 0.2) is 5.69 Å². The van der Waals surface area contributed by atoms with Gasteiger partial charge >= 0.3 is 5.97 Å². The second kappa shape index (κ2) is 5.08. The number of rotatable bonds is 5. The van der Waals surface area contributed by atoms with Crippen LogP contribution in [0, 0.1) is 0 Å². The van der Waals surface area contributed by atoms with Crippen LogP contribution in [0.25, 0.3) is 0 Å². The minimum atomic E-state index is -1.05. The van der Waals surface area contributed by atoms with Gasteiger partial charge in [-0.25, -0.2) is 4.79 Å². The number of aromatic nitrogens is 3. The monoisotopic (exact) mass is 212 g/mol. The third-order valence-electron chi connectivity index (χ3n) is 1.83. The molecular formula is C8H12N4O3. The quantitative estimate of drug-likeness (QED) is 0.625. The minimum Gasteiger partial charge on any atom is -0.480 e. The maximum absolute atomic E-state index is 11.4. The lowest BCUT2D eigenvalue weighted by molar-refractivity contribution is -0.139. The lowest BCUT2D eigenvalue weighted by atomic mass is 10.1. The van der Waals surface area contributed by atoms with E-state index >= 15 is 0 Å². The van der Waals surface area contributed by atoms with E-state index in [4.69, 9.17) is 5.11 Å². The number of carboxylic acid groups (broad SMARTS) is 1. The van der Waals surface area contributed by atoms with Crippen molar-refractivity contribution >= 4 is 11.9 Å². The summed E-state index contributed by atoms with van der Waals surface area (Å²) in [5, 5.41) is 20.4. The molecule has 7 heteroatoms. The van der Waals surface area contributed by atoms with E-state index in [1.54, 1.807) is 0 Å². The lowest BCUT2D eigenvalue weighted by Gasteiger charge is -2.11. The fraction of sp³-hybridized carbons (Fsp3) is 0.500. The first kappa shape index (κ1) is 11.2. The first-order chi connectivity index (χ1) is 7.15. The Bertz CT molecular complexity index is 336. The standard InChI is InChI=1S/C8H12N4O3/c1-2-3-5(8(14)15)10-7(13)6-4-9-12-11-6/h4-5H,2-3H2,1H3,(H,10,13)(H,14,15)(H,9,11,12)/t5-/m1/s1. The predicted molar refractivity (Wildman–Crippen MR) is 50.2 cm³/mol. The molecule has 1 aromatic heterocycles. The Morgan fingerprint density at radius 2 is 2.40 bits per heavy atom. The van der Waals surface area contributed by atoms with E-state index in [2.05, 4.69) is 20.7 Å². The number of hydrogen-bond acceptors (Lipinski definition) is 4. The molecule has 82 valence electrons. The van der Waals surface area contributed by atoms with Crippen molar-refractivity contribution < 1.29 is 14.7 Å². The van der Waals surface area contributed by atoms with E-state index in [0.29, 0.717) is 12.8 Å². The molecule has 1 rings (SSSR count). The smallest absolute Gasteiger partial charge is 0.326 e. The zero-order valence-electron chi connectivity index (χ0n) is 8.23. The van der Waals surface area contributed by atoms with Crippen LogP contribution in [-0.4, -0.2) is 38.4 Å². The molecule has 0 radical (unpaired) electrons. The van der Waals surface area contributed by atoms with Gasteiger partial charge in [0, 0.05) is 0 Å². The summed E-state index contributed by atoms with van der Waals surface area (Å²) in [6.07, 6.45) is 2.30. The van der Waals surface area contributed by atoms with Crippen LogP contribution >= 0.6 is 0 Å². The molecule has 0 unspecified atom stereocenters. The van der Waals surface area contributed by atoms with Crippen molar-refractivity contribution in [1.29, 1.82) is 0 Å². The average Bonchev–Trinajstić information content (AvgIpc) is 2.69. The Labute approximate surface area is 85.9 Å². The number of carbonyl (C=O) groups is 2.